The van der Waals surface area contributed by atoms with Crippen LogP contribution in [0, 0.1) is 18.8 Å². The number of rotatable bonds is 3. The molecule has 3 rings (SSSR count). The average Bonchev–Trinajstić information content (AvgIpc) is 2.61. The monoisotopic (exact) mass is 364 g/mol. The summed E-state index contributed by atoms with van der Waals surface area (Å²) in [5.74, 6) is 0.757. The first-order valence-electron chi connectivity index (χ1n) is 9.23. The smallest absolute Gasteiger partial charge is 0.243 e. The molecule has 25 heavy (non-hydrogen) atoms. The highest BCUT2D eigenvalue weighted by Gasteiger charge is 2.34. The van der Waals surface area contributed by atoms with E-state index in [1.54, 1.807) is 18.2 Å². The maximum absolute atomic E-state index is 12.8. The lowest BCUT2D eigenvalue weighted by Crippen LogP contribution is -2.46. The fourth-order valence-electron chi connectivity index (χ4n) is 3.92. The SMILES string of the molecule is Cc1cccc(S(=O)(=O)N2CCC(C(=O)N3CCCC(C)C3)CC2)c1. The van der Waals surface area contributed by atoms with Crippen LogP contribution in [-0.2, 0) is 14.8 Å². The third kappa shape index (κ3) is 4.06. The predicted molar refractivity (Wildman–Crippen MR) is 97.6 cm³/mol. The molecule has 1 aromatic rings. The minimum atomic E-state index is -3.46. The number of carbonyl (C=O) groups is 1. The molecular formula is C19H28N2O3S. The predicted octanol–water partition coefficient (Wildman–Crippen LogP) is 2.65. The highest BCUT2D eigenvalue weighted by molar-refractivity contribution is 7.89. The van der Waals surface area contributed by atoms with Crippen molar-refractivity contribution >= 4 is 15.9 Å². The molecule has 2 aliphatic rings. The van der Waals surface area contributed by atoms with Gasteiger partial charge in [-0.05, 0) is 56.2 Å². The van der Waals surface area contributed by atoms with Gasteiger partial charge in [-0.25, -0.2) is 8.42 Å². The van der Waals surface area contributed by atoms with Gasteiger partial charge >= 0.3 is 0 Å². The van der Waals surface area contributed by atoms with Crippen LogP contribution in [0.25, 0.3) is 0 Å². The zero-order valence-electron chi connectivity index (χ0n) is 15.1. The highest BCUT2D eigenvalue weighted by atomic mass is 32.2. The standard InChI is InChI=1S/C19H28N2O3S/c1-15-5-3-7-18(13-15)25(23,24)21-11-8-17(9-12-21)19(22)20-10-4-6-16(2)14-20/h3,5,7,13,16-17H,4,6,8-12,14H2,1-2H3. The summed E-state index contributed by atoms with van der Waals surface area (Å²) < 4.78 is 27.1. The van der Waals surface area contributed by atoms with Gasteiger partial charge in [0, 0.05) is 32.1 Å². The Balaban J connectivity index is 1.62. The molecule has 1 aromatic carbocycles. The number of nitrogens with zero attached hydrogens (tertiary/aromatic N) is 2. The van der Waals surface area contributed by atoms with Crippen molar-refractivity contribution in [2.24, 2.45) is 11.8 Å². The van der Waals surface area contributed by atoms with Crippen molar-refractivity contribution in [2.75, 3.05) is 26.2 Å². The lowest BCUT2D eigenvalue weighted by atomic mass is 9.93. The lowest BCUT2D eigenvalue weighted by molar-refractivity contribution is -0.138. The topological polar surface area (TPSA) is 57.7 Å². The number of sulfonamides is 1. The summed E-state index contributed by atoms with van der Waals surface area (Å²) in [5, 5.41) is 0. The molecule has 2 fully saturated rings. The summed E-state index contributed by atoms with van der Waals surface area (Å²) >= 11 is 0. The average molecular weight is 365 g/mol. The molecule has 2 saturated heterocycles. The maximum Gasteiger partial charge on any atom is 0.243 e. The second kappa shape index (κ2) is 7.46. The summed E-state index contributed by atoms with van der Waals surface area (Å²) in [6, 6.07) is 7.02. The third-order valence-electron chi connectivity index (χ3n) is 5.40. The molecule has 6 heteroatoms. The Bertz CT molecular complexity index is 724. The van der Waals surface area contributed by atoms with Gasteiger partial charge in [0.05, 0.1) is 4.90 Å². The Labute approximate surface area is 151 Å². The van der Waals surface area contributed by atoms with E-state index in [9.17, 15) is 13.2 Å². The van der Waals surface area contributed by atoms with E-state index < -0.39 is 10.0 Å². The molecule has 0 radical (unpaired) electrons. The summed E-state index contributed by atoms with van der Waals surface area (Å²) in [6.45, 7) is 6.64. The molecule has 0 aromatic heterocycles. The zero-order valence-corrected chi connectivity index (χ0v) is 16.0. The van der Waals surface area contributed by atoms with Crippen LogP contribution in [0.5, 0.6) is 0 Å². The van der Waals surface area contributed by atoms with Crippen molar-refractivity contribution in [1.82, 2.24) is 9.21 Å². The Hall–Kier alpha value is -1.40. The van der Waals surface area contributed by atoms with Crippen molar-refractivity contribution in [3.8, 4) is 0 Å². The van der Waals surface area contributed by atoms with Crippen molar-refractivity contribution in [1.29, 1.82) is 0 Å². The van der Waals surface area contributed by atoms with Crippen molar-refractivity contribution < 1.29 is 13.2 Å². The molecule has 138 valence electrons. The van der Waals surface area contributed by atoms with Gasteiger partial charge in [-0.1, -0.05) is 19.1 Å². The number of aryl methyl sites for hydroxylation is 1. The molecule has 5 nitrogen and oxygen atoms in total. The molecule has 1 atom stereocenters. The van der Waals surface area contributed by atoms with Gasteiger partial charge in [0.15, 0.2) is 0 Å². The Morgan fingerprint density at radius 2 is 1.84 bits per heavy atom. The second-order valence-corrected chi connectivity index (χ2v) is 9.46. The summed E-state index contributed by atoms with van der Waals surface area (Å²) in [5.41, 5.74) is 0.936. The first kappa shape index (κ1) is 18.4. The first-order valence-corrected chi connectivity index (χ1v) is 10.7. The van der Waals surface area contributed by atoms with E-state index in [2.05, 4.69) is 6.92 Å². The van der Waals surface area contributed by atoms with Crippen LogP contribution in [-0.4, -0.2) is 49.7 Å². The quantitative estimate of drug-likeness (QED) is 0.828. The van der Waals surface area contributed by atoms with Gasteiger partial charge in [-0.2, -0.15) is 4.31 Å². The molecule has 0 bridgehead atoms. The van der Waals surface area contributed by atoms with Crippen molar-refractivity contribution in [3.63, 3.8) is 0 Å². The number of hydrogen-bond acceptors (Lipinski definition) is 3. The van der Waals surface area contributed by atoms with Crippen LogP contribution in [0.15, 0.2) is 29.2 Å². The number of benzene rings is 1. The number of likely N-dealkylation sites (tertiary alicyclic amines) is 1. The largest absolute Gasteiger partial charge is 0.342 e. The van der Waals surface area contributed by atoms with E-state index in [-0.39, 0.29) is 11.8 Å². The number of hydrogen-bond donors (Lipinski definition) is 0. The fraction of sp³-hybridized carbons (Fsp3) is 0.632. The fourth-order valence-corrected chi connectivity index (χ4v) is 5.49. The molecule has 2 aliphatic heterocycles. The molecule has 0 saturated carbocycles. The van der Waals surface area contributed by atoms with Gasteiger partial charge in [-0.3, -0.25) is 4.79 Å². The number of piperidine rings is 2. The zero-order chi connectivity index (χ0) is 18.0. The van der Waals surface area contributed by atoms with E-state index in [0.717, 1.165) is 25.1 Å². The van der Waals surface area contributed by atoms with Crippen LogP contribution in [0.1, 0.15) is 38.2 Å². The summed E-state index contributed by atoms with van der Waals surface area (Å²) in [6.07, 6.45) is 3.51. The lowest BCUT2D eigenvalue weighted by Gasteiger charge is -2.36. The van der Waals surface area contributed by atoms with Crippen molar-refractivity contribution in [3.05, 3.63) is 29.8 Å². The summed E-state index contributed by atoms with van der Waals surface area (Å²) in [7, 11) is -3.46. The third-order valence-corrected chi connectivity index (χ3v) is 7.29. The number of amides is 1. The van der Waals surface area contributed by atoms with E-state index in [0.29, 0.717) is 36.7 Å². The highest BCUT2D eigenvalue weighted by Crippen LogP contribution is 2.27. The van der Waals surface area contributed by atoms with E-state index in [1.165, 1.54) is 10.7 Å². The van der Waals surface area contributed by atoms with Crippen LogP contribution in [0.4, 0.5) is 0 Å². The van der Waals surface area contributed by atoms with Gasteiger partial charge in [0.25, 0.3) is 0 Å². The molecule has 0 spiro atoms. The maximum atomic E-state index is 12.8. The van der Waals surface area contributed by atoms with Gasteiger partial charge in [-0.15, -0.1) is 0 Å². The first-order chi connectivity index (χ1) is 11.9. The number of carbonyl (C=O) groups excluding carboxylic acids is 1. The molecule has 1 unspecified atom stereocenters. The Morgan fingerprint density at radius 3 is 2.48 bits per heavy atom. The van der Waals surface area contributed by atoms with Crippen LogP contribution < -0.4 is 0 Å². The minimum absolute atomic E-state index is 0.0331. The van der Waals surface area contributed by atoms with E-state index >= 15 is 0 Å². The van der Waals surface area contributed by atoms with Crippen LogP contribution in [0.2, 0.25) is 0 Å². The van der Waals surface area contributed by atoms with Crippen molar-refractivity contribution in [2.45, 2.75) is 44.4 Å². The van der Waals surface area contributed by atoms with Gasteiger partial charge < -0.3 is 4.90 Å². The van der Waals surface area contributed by atoms with Crippen LogP contribution >= 0.6 is 0 Å². The minimum Gasteiger partial charge on any atom is -0.342 e. The molecule has 0 aliphatic carbocycles. The Kier molecular flexibility index (Phi) is 5.49. The van der Waals surface area contributed by atoms with Crippen LogP contribution in [0.3, 0.4) is 0 Å². The second-order valence-electron chi connectivity index (χ2n) is 7.53. The van der Waals surface area contributed by atoms with Gasteiger partial charge in [0.1, 0.15) is 0 Å². The molecule has 0 N–H and O–H groups in total. The normalized spacial score (nSPS) is 23.6. The molecular weight excluding hydrogens is 336 g/mol. The molecule has 1 amide bonds. The molecule has 2 heterocycles. The Morgan fingerprint density at radius 1 is 1.12 bits per heavy atom. The summed E-state index contributed by atoms with van der Waals surface area (Å²) in [4.78, 5) is 15.1. The van der Waals surface area contributed by atoms with E-state index in [1.807, 2.05) is 17.9 Å². The van der Waals surface area contributed by atoms with E-state index in [4.69, 9.17) is 0 Å². The van der Waals surface area contributed by atoms with Gasteiger partial charge in [0.2, 0.25) is 15.9 Å².